The highest BCUT2D eigenvalue weighted by molar-refractivity contribution is 5.36. The number of hydrogen-bond donors (Lipinski definition) is 1. The summed E-state index contributed by atoms with van der Waals surface area (Å²) in [5.41, 5.74) is 0.722. The van der Waals surface area contributed by atoms with Crippen LogP contribution >= 0.6 is 0 Å². The third kappa shape index (κ3) is 3.66. The molecule has 0 saturated carbocycles. The van der Waals surface area contributed by atoms with Crippen LogP contribution in [0.15, 0.2) is 6.07 Å². The summed E-state index contributed by atoms with van der Waals surface area (Å²) in [5.74, 6) is 1.71. The molecular formula is C15H27N3O. The van der Waals surface area contributed by atoms with Crippen LogP contribution < -0.4 is 5.32 Å². The zero-order valence-electron chi connectivity index (χ0n) is 12.9. The van der Waals surface area contributed by atoms with Crippen LogP contribution in [-0.2, 0) is 16.8 Å². The summed E-state index contributed by atoms with van der Waals surface area (Å²) < 4.78 is 5.74. The number of rotatable bonds is 8. The molecule has 0 atom stereocenters. The Bertz CT molecular complexity index is 356. The SMILES string of the molecule is CCCc1cc(NCC)nc(C(CC)(CC)OC)n1. The Hall–Kier alpha value is -1.16. The predicted molar refractivity (Wildman–Crippen MR) is 79.5 cm³/mol. The van der Waals surface area contributed by atoms with E-state index in [0.717, 1.165) is 49.6 Å². The van der Waals surface area contributed by atoms with Gasteiger partial charge in [0.1, 0.15) is 11.4 Å². The number of hydrogen-bond acceptors (Lipinski definition) is 4. The van der Waals surface area contributed by atoms with Crippen molar-refractivity contribution < 1.29 is 4.74 Å². The van der Waals surface area contributed by atoms with Gasteiger partial charge in [-0.2, -0.15) is 0 Å². The second kappa shape index (κ2) is 7.43. The van der Waals surface area contributed by atoms with Gasteiger partial charge in [0.2, 0.25) is 0 Å². The van der Waals surface area contributed by atoms with Gasteiger partial charge in [0.25, 0.3) is 0 Å². The van der Waals surface area contributed by atoms with Gasteiger partial charge in [-0.3, -0.25) is 0 Å². The van der Waals surface area contributed by atoms with E-state index in [1.54, 1.807) is 7.11 Å². The summed E-state index contributed by atoms with van der Waals surface area (Å²) >= 11 is 0. The third-order valence-corrected chi connectivity index (χ3v) is 3.58. The third-order valence-electron chi connectivity index (χ3n) is 3.58. The highest BCUT2D eigenvalue weighted by Gasteiger charge is 2.32. The summed E-state index contributed by atoms with van der Waals surface area (Å²) in [6, 6.07) is 2.04. The molecule has 108 valence electrons. The van der Waals surface area contributed by atoms with Crippen molar-refractivity contribution in [3.8, 4) is 0 Å². The van der Waals surface area contributed by atoms with Gasteiger partial charge in [-0.15, -0.1) is 0 Å². The minimum atomic E-state index is -0.367. The smallest absolute Gasteiger partial charge is 0.162 e. The first-order valence-electron chi connectivity index (χ1n) is 7.33. The van der Waals surface area contributed by atoms with Crippen molar-refractivity contribution in [2.45, 2.75) is 59.0 Å². The number of ether oxygens (including phenoxy) is 1. The average molecular weight is 265 g/mol. The molecule has 0 radical (unpaired) electrons. The lowest BCUT2D eigenvalue weighted by Gasteiger charge is -2.29. The van der Waals surface area contributed by atoms with Crippen molar-refractivity contribution in [2.24, 2.45) is 0 Å². The van der Waals surface area contributed by atoms with Gasteiger partial charge in [-0.05, 0) is 26.2 Å². The molecule has 0 spiro atoms. The molecule has 0 aliphatic carbocycles. The topological polar surface area (TPSA) is 47.0 Å². The molecule has 0 amide bonds. The first-order valence-corrected chi connectivity index (χ1v) is 7.33. The standard InChI is InChI=1S/C15H27N3O/c1-6-10-12-11-13(16-9-4)18-14(17-12)15(7-2,8-3)19-5/h11H,6-10H2,1-5H3,(H,16,17,18). The second-order valence-electron chi connectivity index (χ2n) is 4.75. The van der Waals surface area contributed by atoms with E-state index in [9.17, 15) is 0 Å². The summed E-state index contributed by atoms with van der Waals surface area (Å²) in [4.78, 5) is 9.36. The lowest BCUT2D eigenvalue weighted by molar-refractivity contribution is -0.0292. The average Bonchev–Trinajstić information content (AvgIpc) is 2.42. The highest BCUT2D eigenvalue weighted by atomic mass is 16.5. The van der Waals surface area contributed by atoms with Crippen LogP contribution in [-0.4, -0.2) is 23.6 Å². The molecule has 4 nitrogen and oxygen atoms in total. The summed E-state index contributed by atoms with van der Waals surface area (Å²) in [6.07, 6.45) is 3.81. The zero-order valence-corrected chi connectivity index (χ0v) is 12.9. The molecule has 0 unspecified atom stereocenters. The minimum absolute atomic E-state index is 0.367. The Labute approximate surface area is 117 Å². The van der Waals surface area contributed by atoms with Gasteiger partial charge >= 0.3 is 0 Å². The fraction of sp³-hybridized carbons (Fsp3) is 0.733. The predicted octanol–water partition coefficient (Wildman–Crippen LogP) is 3.52. The molecule has 1 heterocycles. The molecule has 0 aromatic carbocycles. The Morgan fingerprint density at radius 1 is 1.16 bits per heavy atom. The highest BCUT2D eigenvalue weighted by Crippen LogP contribution is 2.30. The maximum Gasteiger partial charge on any atom is 0.162 e. The molecule has 4 heteroatoms. The van der Waals surface area contributed by atoms with Crippen LogP contribution in [0.5, 0.6) is 0 Å². The van der Waals surface area contributed by atoms with Crippen molar-refractivity contribution in [3.63, 3.8) is 0 Å². The summed E-state index contributed by atoms with van der Waals surface area (Å²) in [7, 11) is 1.75. The molecule has 0 saturated heterocycles. The largest absolute Gasteiger partial charge is 0.370 e. The molecule has 1 aromatic heterocycles. The number of nitrogens with one attached hydrogen (secondary N) is 1. The molecule has 0 fully saturated rings. The number of anilines is 1. The van der Waals surface area contributed by atoms with E-state index in [4.69, 9.17) is 9.72 Å². The molecule has 0 bridgehead atoms. The van der Waals surface area contributed by atoms with Crippen molar-refractivity contribution in [3.05, 3.63) is 17.6 Å². The van der Waals surface area contributed by atoms with Crippen molar-refractivity contribution in [2.75, 3.05) is 19.0 Å². The van der Waals surface area contributed by atoms with Crippen LogP contribution in [0.3, 0.4) is 0 Å². The van der Waals surface area contributed by atoms with Crippen molar-refractivity contribution in [1.82, 2.24) is 9.97 Å². The number of nitrogens with zero attached hydrogens (tertiary/aromatic N) is 2. The van der Waals surface area contributed by atoms with Crippen LogP contribution in [0.2, 0.25) is 0 Å². The van der Waals surface area contributed by atoms with Crippen LogP contribution in [0.1, 0.15) is 58.5 Å². The fourth-order valence-electron chi connectivity index (χ4n) is 2.30. The number of aromatic nitrogens is 2. The van der Waals surface area contributed by atoms with Gasteiger partial charge in [-0.1, -0.05) is 27.2 Å². The van der Waals surface area contributed by atoms with E-state index in [1.165, 1.54) is 0 Å². The van der Waals surface area contributed by atoms with Gasteiger partial charge in [0, 0.05) is 25.4 Å². The Kier molecular flexibility index (Phi) is 6.22. The second-order valence-corrected chi connectivity index (χ2v) is 4.75. The molecule has 1 aromatic rings. The quantitative estimate of drug-likeness (QED) is 0.781. The van der Waals surface area contributed by atoms with Gasteiger partial charge < -0.3 is 10.1 Å². The zero-order chi connectivity index (χ0) is 14.3. The molecular weight excluding hydrogens is 238 g/mol. The maximum absolute atomic E-state index is 5.74. The molecule has 1 N–H and O–H groups in total. The van der Waals surface area contributed by atoms with Crippen LogP contribution in [0.4, 0.5) is 5.82 Å². The summed E-state index contributed by atoms with van der Waals surface area (Å²) in [5, 5.41) is 3.28. The van der Waals surface area contributed by atoms with E-state index >= 15 is 0 Å². The molecule has 19 heavy (non-hydrogen) atoms. The Morgan fingerprint density at radius 3 is 2.32 bits per heavy atom. The van der Waals surface area contributed by atoms with E-state index in [-0.39, 0.29) is 5.60 Å². The van der Waals surface area contributed by atoms with Crippen LogP contribution in [0.25, 0.3) is 0 Å². The normalized spacial score (nSPS) is 11.6. The lowest BCUT2D eigenvalue weighted by Crippen LogP contribution is -2.30. The monoisotopic (exact) mass is 265 g/mol. The fourth-order valence-corrected chi connectivity index (χ4v) is 2.30. The Balaban J connectivity index is 3.23. The van der Waals surface area contributed by atoms with Gasteiger partial charge in [-0.25, -0.2) is 9.97 Å². The molecule has 0 aliphatic rings. The lowest BCUT2D eigenvalue weighted by atomic mass is 9.95. The first kappa shape index (κ1) is 15.9. The van der Waals surface area contributed by atoms with Crippen LogP contribution in [0, 0.1) is 0 Å². The van der Waals surface area contributed by atoms with E-state index in [0.29, 0.717) is 0 Å². The van der Waals surface area contributed by atoms with Crippen molar-refractivity contribution >= 4 is 5.82 Å². The summed E-state index contributed by atoms with van der Waals surface area (Å²) in [6.45, 7) is 9.34. The van der Waals surface area contributed by atoms with E-state index < -0.39 is 0 Å². The number of aryl methyl sites for hydroxylation is 1. The van der Waals surface area contributed by atoms with E-state index in [1.807, 2.05) is 6.07 Å². The molecule has 1 rings (SSSR count). The Morgan fingerprint density at radius 2 is 1.84 bits per heavy atom. The van der Waals surface area contributed by atoms with Crippen molar-refractivity contribution in [1.29, 1.82) is 0 Å². The molecule has 0 aliphatic heterocycles. The minimum Gasteiger partial charge on any atom is -0.370 e. The van der Waals surface area contributed by atoms with Gasteiger partial charge in [0.15, 0.2) is 5.82 Å². The maximum atomic E-state index is 5.74. The number of methoxy groups -OCH3 is 1. The van der Waals surface area contributed by atoms with Gasteiger partial charge in [0.05, 0.1) is 0 Å². The first-order chi connectivity index (χ1) is 9.15. The van der Waals surface area contributed by atoms with E-state index in [2.05, 4.69) is 38.0 Å².